The minimum atomic E-state index is -3.61. The second-order valence-corrected chi connectivity index (χ2v) is 4.87. The Bertz CT molecular complexity index is 328. The van der Waals surface area contributed by atoms with E-state index < -0.39 is 22.2 Å². The molecule has 1 atom stereocenters. The highest BCUT2D eigenvalue weighted by atomic mass is 32.2. The van der Waals surface area contributed by atoms with Gasteiger partial charge in [-0.1, -0.05) is 0 Å². The summed E-state index contributed by atoms with van der Waals surface area (Å²) in [5, 5.41) is 8.80. The fourth-order valence-corrected chi connectivity index (χ4v) is 2.79. The zero-order valence-electron chi connectivity index (χ0n) is 8.34. The van der Waals surface area contributed by atoms with Crippen molar-refractivity contribution < 1.29 is 23.1 Å². The van der Waals surface area contributed by atoms with Crippen LogP contribution in [-0.2, 0) is 19.7 Å². The summed E-state index contributed by atoms with van der Waals surface area (Å²) in [5.74, 6) is -1.14. The lowest BCUT2D eigenvalue weighted by molar-refractivity contribution is -0.140. The van der Waals surface area contributed by atoms with E-state index in [-0.39, 0.29) is 13.1 Å². The predicted molar refractivity (Wildman–Crippen MR) is 51.5 cm³/mol. The summed E-state index contributed by atoms with van der Waals surface area (Å²) in [6, 6.07) is -1.01. The summed E-state index contributed by atoms with van der Waals surface area (Å²) in [6.45, 7) is 0.475. The van der Waals surface area contributed by atoms with E-state index in [1.54, 1.807) is 0 Å². The maximum atomic E-state index is 11.4. The van der Waals surface area contributed by atoms with Crippen LogP contribution in [0.15, 0.2) is 0 Å². The fraction of sp³-hybridized carbons (Fsp3) is 0.857. The standard InChI is InChI=1S/C7H14N2O5S/c1-14-4-2-3-9-6(7(10)11)5-8-15(9,12)13/h6,8H,2-5H2,1H3,(H,10,11). The molecule has 15 heavy (non-hydrogen) atoms. The van der Waals surface area contributed by atoms with Crippen molar-refractivity contribution in [3.8, 4) is 0 Å². The summed E-state index contributed by atoms with van der Waals surface area (Å²) >= 11 is 0. The molecule has 1 saturated heterocycles. The third-order valence-corrected chi connectivity index (χ3v) is 3.71. The van der Waals surface area contributed by atoms with Gasteiger partial charge in [0.05, 0.1) is 0 Å². The van der Waals surface area contributed by atoms with E-state index in [0.717, 1.165) is 4.31 Å². The average molecular weight is 238 g/mol. The number of carboxylic acid groups (broad SMARTS) is 1. The predicted octanol–water partition coefficient (Wildman–Crippen LogP) is -1.37. The fourth-order valence-electron chi connectivity index (χ4n) is 1.39. The van der Waals surface area contributed by atoms with E-state index in [0.29, 0.717) is 13.0 Å². The average Bonchev–Trinajstić information content (AvgIpc) is 2.43. The third-order valence-electron chi connectivity index (χ3n) is 2.13. The first kappa shape index (κ1) is 12.4. The molecular weight excluding hydrogens is 224 g/mol. The number of nitrogens with zero attached hydrogens (tertiary/aromatic N) is 1. The van der Waals surface area contributed by atoms with Gasteiger partial charge in [-0.15, -0.1) is 0 Å². The molecule has 0 spiro atoms. The highest BCUT2D eigenvalue weighted by molar-refractivity contribution is 7.87. The zero-order chi connectivity index (χ0) is 11.5. The van der Waals surface area contributed by atoms with Crippen molar-refractivity contribution >= 4 is 16.2 Å². The quantitative estimate of drug-likeness (QED) is 0.576. The van der Waals surface area contributed by atoms with Crippen LogP contribution < -0.4 is 4.72 Å². The Balaban J connectivity index is 2.65. The number of carbonyl (C=O) groups is 1. The van der Waals surface area contributed by atoms with Crippen LogP contribution in [0.1, 0.15) is 6.42 Å². The number of ether oxygens (including phenoxy) is 1. The Hall–Kier alpha value is -0.700. The van der Waals surface area contributed by atoms with Gasteiger partial charge in [-0.05, 0) is 6.42 Å². The topological polar surface area (TPSA) is 95.9 Å². The number of hydrogen-bond acceptors (Lipinski definition) is 4. The monoisotopic (exact) mass is 238 g/mol. The molecule has 7 nitrogen and oxygen atoms in total. The SMILES string of the molecule is COCCCN1C(C(=O)O)CNS1(=O)=O. The van der Waals surface area contributed by atoms with Crippen LogP contribution in [0.3, 0.4) is 0 Å². The van der Waals surface area contributed by atoms with Crippen molar-refractivity contribution in [2.75, 3.05) is 26.8 Å². The van der Waals surface area contributed by atoms with Gasteiger partial charge in [0, 0.05) is 26.8 Å². The molecule has 1 heterocycles. The van der Waals surface area contributed by atoms with Crippen LogP contribution in [0.5, 0.6) is 0 Å². The number of aliphatic carboxylic acids is 1. The van der Waals surface area contributed by atoms with E-state index in [1.807, 2.05) is 0 Å². The highest BCUT2D eigenvalue weighted by Gasteiger charge is 2.40. The molecule has 0 aromatic heterocycles. The second kappa shape index (κ2) is 4.88. The van der Waals surface area contributed by atoms with Crippen LogP contribution in [-0.4, -0.2) is 56.6 Å². The molecule has 2 N–H and O–H groups in total. The van der Waals surface area contributed by atoms with Crippen molar-refractivity contribution in [1.82, 2.24) is 9.03 Å². The van der Waals surface area contributed by atoms with Crippen molar-refractivity contribution in [2.24, 2.45) is 0 Å². The summed E-state index contributed by atoms with van der Waals surface area (Å²) in [7, 11) is -2.11. The number of hydrogen-bond donors (Lipinski definition) is 2. The first-order valence-corrected chi connectivity index (χ1v) is 5.91. The second-order valence-electron chi connectivity index (χ2n) is 3.16. The zero-order valence-corrected chi connectivity index (χ0v) is 9.16. The largest absolute Gasteiger partial charge is 0.480 e. The number of nitrogens with one attached hydrogen (secondary N) is 1. The minimum Gasteiger partial charge on any atom is -0.480 e. The molecule has 0 amide bonds. The number of rotatable bonds is 5. The van der Waals surface area contributed by atoms with Crippen LogP contribution in [0.25, 0.3) is 0 Å². The van der Waals surface area contributed by atoms with Crippen LogP contribution in [0.4, 0.5) is 0 Å². The van der Waals surface area contributed by atoms with Crippen molar-refractivity contribution in [2.45, 2.75) is 12.5 Å². The van der Waals surface area contributed by atoms with E-state index >= 15 is 0 Å². The van der Waals surface area contributed by atoms with Gasteiger partial charge in [0.25, 0.3) is 10.2 Å². The van der Waals surface area contributed by atoms with Crippen molar-refractivity contribution in [3.05, 3.63) is 0 Å². The van der Waals surface area contributed by atoms with Gasteiger partial charge in [0.2, 0.25) is 0 Å². The first-order valence-electron chi connectivity index (χ1n) is 4.47. The molecule has 1 rings (SSSR count). The lowest BCUT2D eigenvalue weighted by Gasteiger charge is -2.17. The maximum Gasteiger partial charge on any atom is 0.323 e. The van der Waals surface area contributed by atoms with Crippen molar-refractivity contribution in [1.29, 1.82) is 0 Å². The number of methoxy groups -OCH3 is 1. The Morgan fingerprint density at radius 1 is 1.67 bits per heavy atom. The van der Waals surface area contributed by atoms with Crippen LogP contribution in [0, 0.1) is 0 Å². The summed E-state index contributed by atoms with van der Waals surface area (Å²) in [6.07, 6.45) is 0.473. The molecule has 0 aliphatic carbocycles. The van der Waals surface area contributed by atoms with Gasteiger partial charge in [-0.25, -0.2) is 0 Å². The summed E-state index contributed by atoms with van der Waals surface area (Å²) in [5.41, 5.74) is 0. The smallest absolute Gasteiger partial charge is 0.323 e. The molecule has 0 bridgehead atoms. The third kappa shape index (κ3) is 2.88. The molecule has 1 aliphatic rings. The molecule has 1 fully saturated rings. The lowest BCUT2D eigenvalue weighted by atomic mass is 10.3. The van der Waals surface area contributed by atoms with Gasteiger partial charge in [0.1, 0.15) is 6.04 Å². The molecule has 0 radical (unpaired) electrons. The van der Waals surface area contributed by atoms with Crippen LogP contribution >= 0.6 is 0 Å². The molecule has 1 aliphatic heterocycles. The van der Waals surface area contributed by atoms with Crippen LogP contribution in [0.2, 0.25) is 0 Å². The molecule has 0 saturated carbocycles. The Labute approximate surface area is 88.2 Å². The Morgan fingerprint density at radius 2 is 2.33 bits per heavy atom. The Morgan fingerprint density at radius 3 is 2.87 bits per heavy atom. The lowest BCUT2D eigenvalue weighted by Crippen LogP contribution is -2.40. The van der Waals surface area contributed by atoms with Crippen molar-refractivity contribution in [3.63, 3.8) is 0 Å². The van der Waals surface area contributed by atoms with E-state index in [2.05, 4.69) is 4.72 Å². The first-order chi connectivity index (χ1) is 6.99. The van der Waals surface area contributed by atoms with Gasteiger partial charge >= 0.3 is 5.97 Å². The van der Waals surface area contributed by atoms with Gasteiger partial charge < -0.3 is 9.84 Å². The highest BCUT2D eigenvalue weighted by Crippen LogP contribution is 2.13. The van der Waals surface area contributed by atoms with E-state index in [9.17, 15) is 13.2 Å². The Kier molecular flexibility index (Phi) is 4.03. The normalized spacial score (nSPS) is 25.5. The summed E-state index contributed by atoms with van der Waals surface area (Å²) in [4.78, 5) is 10.8. The number of carboxylic acids is 1. The molecule has 0 aromatic rings. The maximum absolute atomic E-state index is 11.4. The minimum absolute atomic E-state index is 0.0787. The molecule has 0 aromatic carbocycles. The van der Waals surface area contributed by atoms with E-state index in [4.69, 9.17) is 9.84 Å². The molecule has 88 valence electrons. The van der Waals surface area contributed by atoms with Gasteiger partial charge in [0.15, 0.2) is 0 Å². The molecule has 8 heteroatoms. The summed E-state index contributed by atoms with van der Waals surface area (Å²) < 4.78 is 30.7. The van der Waals surface area contributed by atoms with Gasteiger partial charge in [-0.2, -0.15) is 17.4 Å². The van der Waals surface area contributed by atoms with E-state index in [1.165, 1.54) is 7.11 Å². The molecule has 1 unspecified atom stereocenters. The van der Waals surface area contributed by atoms with Gasteiger partial charge in [-0.3, -0.25) is 4.79 Å². The molecular formula is C7H14N2O5S.